The van der Waals surface area contributed by atoms with Crippen LogP contribution in [-0.4, -0.2) is 23.8 Å². The molecule has 0 unspecified atom stereocenters. The molecule has 0 aromatic carbocycles. The van der Waals surface area contributed by atoms with Crippen molar-refractivity contribution in [2.45, 2.75) is 20.0 Å². The molecule has 0 saturated heterocycles. The molecule has 0 saturated carbocycles. The summed E-state index contributed by atoms with van der Waals surface area (Å²) < 4.78 is 4.57. The van der Waals surface area contributed by atoms with Gasteiger partial charge in [0.15, 0.2) is 0 Å². The zero-order valence-electron chi connectivity index (χ0n) is 6.26. The molecule has 0 aromatic heterocycles. The number of carbonyl (C=O) groups is 1. The van der Waals surface area contributed by atoms with Gasteiger partial charge >= 0.3 is 5.97 Å². The molecule has 0 spiro atoms. The van der Waals surface area contributed by atoms with Crippen molar-refractivity contribution in [3.05, 3.63) is 12.2 Å². The van der Waals surface area contributed by atoms with Gasteiger partial charge in [-0.3, -0.25) is 0 Å². The average molecular weight is 144 g/mol. The number of rotatable bonds is 3. The summed E-state index contributed by atoms with van der Waals surface area (Å²) in [5.41, 5.74) is 0.0989. The average Bonchev–Trinajstić information content (AvgIpc) is 1.87. The Morgan fingerprint density at radius 2 is 2.30 bits per heavy atom. The SMILES string of the molecule is C=C(C(=O)OCC)[C@H](C)O. The summed E-state index contributed by atoms with van der Waals surface area (Å²) in [6.45, 7) is 6.83. The molecule has 0 radical (unpaired) electrons. The van der Waals surface area contributed by atoms with E-state index >= 15 is 0 Å². The summed E-state index contributed by atoms with van der Waals surface area (Å²) >= 11 is 0. The highest BCUT2D eigenvalue weighted by Crippen LogP contribution is 2.00. The van der Waals surface area contributed by atoms with E-state index in [1.165, 1.54) is 6.92 Å². The van der Waals surface area contributed by atoms with Crippen molar-refractivity contribution in [1.29, 1.82) is 0 Å². The van der Waals surface area contributed by atoms with E-state index in [0.717, 1.165) is 0 Å². The Kier molecular flexibility index (Phi) is 3.72. The Labute approximate surface area is 60.3 Å². The molecule has 0 aliphatic rings. The number of esters is 1. The van der Waals surface area contributed by atoms with E-state index in [1.54, 1.807) is 6.92 Å². The van der Waals surface area contributed by atoms with Gasteiger partial charge in [0, 0.05) is 0 Å². The first-order valence-corrected chi connectivity index (χ1v) is 3.13. The lowest BCUT2D eigenvalue weighted by Gasteiger charge is -2.06. The lowest BCUT2D eigenvalue weighted by atomic mass is 10.2. The van der Waals surface area contributed by atoms with E-state index < -0.39 is 12.1 Å². The van der Waals surface area contributed by atoms with Crippen molar-refractivity contribution < 1.29 is 14.6 Å². The van der Waals surface area contributed by atoms with Crippen LogP contribution in [0, 0.1) is 0 Å². The molecule has 1 N–H and O–H groups in total. The van der Waals surface area contributed by atoms with Crippen LogP contribution in [0.1, 0.15) is 13.8 Å². The van der Waals surface area contributed by atoms with Gasteiger partial charge in [0.05, 0.1) is 18.3 Å². The van der Waals surface area contributed by atoms with Gasteiger partial charge in [-0.1, -0.05) is 6.58 Å². The molecular weight excluding hydrogens is 132 g/mol. The van der Waals surface area contributed by atoms with Crippen molar-refractivity contribution in [3.63, 3.8) is 0 Å². The number of hydrogen-bond acceptors (Lipinski definition) is 3. The van der Waals surface area contributed by atoms with Crippen molar-refractivity contribution in [2.75, 3.05) is 6.61 Å². The van der Waals surface area contributed by atoms with Crippen LogP contribution < -0.4 is 0 Å². The number of aliphatic hydroxyl groups excluding tert-OH is 1. The summed E-state index contributed by atoms with van der Waals surface area (Å²) in [6, 6.07) is 0. The summed E-state index contributed by atoms with van der Waals surface area (Å²) in [5, 5.41) is 8.82. The van der Waals surface area contributed by atoms with E-state index in [1.807, 2.05) is 0 Å². The van der Waals surface area contributed by atoms with Gasteiger partial charge in [-0.25, -0.2) is 4.79 Å². The number of aliphatic hydroxyl groups is 1. The summed E-state index contributed by atoms with van der Waals surface area (Å²) in [5.74, 6) is -0.530. The Hall–Kier alpha value is -0.830. The largest absolute Gasteiger partial charge is 0.463 e. The molecule has 0 aliphatic carbocycles. The van der Waals surface area contributed by atoms with Gasteiger partial charge in [-0.15, -0.1) is 0 Å². The van der Waals surface area contributed by atoms with Crippen LogP contribution in [0.3, 0.4) is 0 Å². The van der Waals surface area contributed by atoms with E-state index in [0.29, 0.717) is 6.61 Å². The molecule has 10 heavy (non-hydrogen) atoms. The quantitative estimate of drug-likeness (QED) is 0.463. The topological polar surface area (TPSA) is 46.5 Å². The lowest BCUT2D eigenvalue weighted by Crippen LogP contribution is -2.16. The second-order valence-electron chi connectivity index (χ2n) is 1.92. The van der Waals surface area contributed by atoms with Crippen LogP contribution in [0.15, 0.2) is 12.2 Å². The monoisotopic (exact) mass is 144 g/mol. The Morgan fingerprint density at radius 3 is 2.60 bits per heavy atom. The highest BCUT2D eigenvalue weighted by atomic mass is 16.5. The third kappa shape index (κ3) is 2.64. The smallest absolute Gasteiger partial charge is 0.336 e. The van der Waals surface area contributed by atoms with Crippen molar-refractivity contribution >= 4 is 5.97 Å². The predicted molar refractivity (Wildman–Crippen MR) is 37.5 cm³/mol. The standard InChI is InChI=1S/C7H12O3/c1-4-10-7(9)5(2)6(3)8/h6,8H,2,4H2,1,3H3/t6-/m0/s1. The first-order chi connectivity index (χ1) is 4.59. The van der Waals surface area contributed by atoms with Crippen LogP contribution in [0.5, 0.6) is 0 Å². The minimum atomic E-state index is -0.820. The molecule has 0 rings (SSSR count). The van der Waals surface area contributed by atoms with E-state index in [-0.39, 0.29) is 5.57 Å². The third-order valence-electron chi connectivity index (χ3n) is 1.04. The van der Waals surface area contributed by atoms with Gasteiger partial charge in [0.2, 0.25) is 0 Å². The van der Waals surface area contributed by atoms with Crippen LogP contribution in [0.2, 0.25) is 0 Å². The molecule has 0 aromatic rings. The highest BCUT2D eigenvalue weighted by Gasteiger charge is 2.11. The van der Waals surface area contributed by atoms with Crippen molar-refractivity contribution in [3.8, 4) is 0 Å². The molecular formula is C7H12O3. The third-order valence-corrected chi connectivity index (χ3v) is 1.04. The molecule has 0 amide bonds. The van der Waals surface area contributed by atoms with Gasteiger partial charge in [0.25, 0.3) is 0 Å². The molecule has 0 fully saturated rings. The van der Waals surface area contributed by atoms with Gasteiger partial charge in [0.1, 0.15) is 0 Å². The molecule has 3 heteroatoms. The Morgan fingerprint density at radius 1 is 1.80 bits per heavy atom. The van der Waals surface area contributed by atoms with Crippen LogP contribution in [0.4, 0.5) is 0 Å². The molecule has 0 heterocycles. The van der Waals surface area contributed by atoms with Crippen LogP contribution in [0.25, 0.3) is 0 Å². The number of hydrogen-bond donors (Lipinski definition) is 1. The van der Waals surface area contributed by atoms with Gasteiger partial charge in [-0.2, -0.15) is 0 Å². The molecule has 1 atom stereocenters. The molecule has 0 aliphatic heterocycles. The van der Waals surface area contributed by atoms with E-state index in [4.69, 9.17) is 5.11 Å². The first kappa shape index (κ1) is 9.17. The fourth-order valence-corrected chi connectivity index (χ4v) is 0.394. The minimum absolute atomic E-state index is 0.0989. The van der Waals surface area contributed by atoms with Crippen LogP contribution >= 0.6 is 0 Å². The fraction of sp³-hybridized carbons (Fsp3) is 0.571. The fourth-order valence-electron chi connectivity index (χ4n) is 0.394. The number of carbonyl (C=O) groups excluding carboxylic acids is 1. The zero-order valence-corrected chi connectivity index (χ0v) is 6.26. The lowest BCUT2D eigenvalue weighted by molar-refractivity contribution is -0.139. The van der Waals surface area contributed by atoms with Crippen molar-refractivity contribution in [1.82, 2.24) is 0 Å². The Bertz CT molecular complexity index is 138. The van der Waals surface area contributed by atoms with E-state index in [9.17, 15) is 4.79 Å². The maximum atomic E-state index is 10.7. The summed E-state index contributed by atoms with van der Waals surface area (Å²) in [7, 11) is 0. The predicted octanol–water partition coefficient (Wildman–Crippen LogP) is 0.486. The number of ether oxygens (including phenoxy) is 1. The molecule has 58 valence electrons. The molecule has 3 nitrogen and oxygen atoms in total. The molecule has 0 bridgehead atoms. The summed E-state index contributed by atoms with van der Waals surface area (Å²) in [4.78, 5) is 10.7. The van der Waals surface area contributed by atoms with Gasteiger partial charge in [-0.05, 0) is 13.8 Å². The van der Waals surface area contributed by atoms with E-state index in [2.05, 4.69) is 11.3 Å². The first-order valence-electron chi connectivity index (χ1n) is 3.13. The van der Waals surface area contributed by atoms with Crippen LogP contribution in [-0.2, 0) is 9.53 Å². The van der Waals surface area contributed by atoms with Gasteiger partial charge < -0.3 is 9.84 Å². The zero-order chi connectivity index (χ0) is 8.15. The van der Waals surface area contributed by atoms with Crippen molar-refractivity contribution in [2.24, 2.45) is 0 Å². The summed E-state index contributed by atoms with van der Waals surface area (Å²) in [6.07, 6.45) is -0.820. The second-order valence-corrected chi connectivity index (χ2v) is 1.92. The highest BCUT2D eigenvalue weighted by molar-refractivity contribution is 5.88. The Balaban J connectivity index is 3.83. The maximum Gasteiger partial charge on any atom is 0.336 e. The second kappa shape index (κ2) is 4.06. The minimum Gasteiger partial charge on any atom is -0.463 e. The normalized spacial score (nSPS) is 12.3. The maximum absolute atomic E-state index is 10.7.